The summed E-state index contributed by atoms with van der Waals surface area (Å²) in [5.74, 6) is -2.42. The van der Waals surface area contributed by atoms with E-state index in [-0.39, 0.29) is 48.6 Å². The predicted molar refractivity (Wildman–Crippen MR) is 221 cm³/mol. The summed E-state index contributed by atoms with van der Waals surface area (Å²) in [5.41, 5.74) is 0.576. The van der Waals surface area contributed by atoms with Gasteiger partial charge in [0, 0.05) is 75.1 Å². The molecule has 2 aliphatic heterocycles. The van der Waals surface area contributed by atoms with Gasteiger partial charge < -0.3 is 24.3 Å². The van der Waals surface area contributed by atoms with Gasteiger partial charge >= 0.3 is 6.09 Å². The van der Waals surface area contributed by atoms with E-state index in [1.54, 1.807) is 40.0 Å². The van der Waals surface area contributed by atoms with Gasteiger partial charge in [0.05, 0.1) is 28.0 Å². The number of aromatic nitrogens is 1. The predicted octanol–water partition coefficient (Wildman–Crippen LogP) is 6.15. The Morgan fingerprint density at radius 1 is 0.950 bits per heavy atom. The van der Waals surface area contributed by atoms with Crippen molar-refractivity contribution >= 4 is 50.4 Å². The number of carbonyl (C=O) groups is 4. The summed E-state index contributed by atoms with van der Waals surface area (Å²) in [6, 6.07) is 17.4. The van der Waals surface area contributed by atoms with Crippen LogP contribution in [0, 0.1) is 16.0 Å². The smallest absolute Gasteiger partial charge is 0.410 e. The van der Waals surface area contributed by atoms with Gasteiger partial charge in [-0.15, -0.1) is 0 Å². The molecule has 16 nitrogen and oxygen atoms in total. The standard InChI is InChI=1S/C43H50N6O10S/c1-43(2,3)59-42(53)45-26-28(39(50)48(29-19-20-29)36(17-11-23-58-4)34-25-44-35-15-8-7-12-31(34)35)24-30(27-45)47(60(56,57)38-18-10-9-16-37(38)49(54)55)22-21-46-40(51)32-13-5-6-14-33(32)41(46)52/h5-10,12-16,18,25,28-30,36,44H,11,17,19-24,26-27H2,1-4H3/t28-,30+,36?/m1/s1. The lowest BCUT2D eigenvalue weighted by atomic mass is 9.90. The SMILES string of the molecule is COCCCC(c1c[nH]c2ccccc12)N(C(=O)[C@@H]1C[C@H](N(CCN2C(=O)c3ccccc3C2=O)S(=O)(=O)c2ccccc2[N+](=O)[O-])CN(C(=O)OC(C)(C)C)C1)C1CC1. The van der Waals surface area contributed by atoms with E-state index < -0.39 is 74.1 Å². The first kappa shape index (κ1) is 42.5. The lowest BCUT2D eigenvalue weighted by Gasteiger charge is -2.44. The molecule has 60 heavy (non-hydrogen) atoms. The number of hydrogen-bond donors (Lipinski definition) is 1. The third kappa shape index (κ3) is 8.65. The molecule has 1 saturated heterocycles. The molecule has 318 valence electrons. The van der Waals surface area contributed by atoms with Gasteiger partial charge in [0.1, 0.15) is 5.60 Å². The van der Waals surface area contributed by atoms with E-state index in [0.717, 1.165) is 50.6 Å². The van der Waals surface area contributed by atoms with E-state index in [0.29, 0.717) is 19.4 Å². The molecule has 1 N–H and O–H groups in total. The van der Waals surface area contributed by atoms with Crippen LogP contribution in [0.2, 0.25) is 0 Å². The van der Waals surface area contributed by atoms with Crippen LogP contribution >= 0.6 is 0 Å². The van der Waals surface area contributed by atoms with Crippen LogP contribution in [0.4, 0.5) is 10.5 Å². The highest BCUT2D eigenvalue weighted by molar-refractivity contribution is 7.89. The van der Waals surface area contributed by atoms with E-state index in [9.17, 15) is 32.9 Å². The second-order valence-corrected chi connectivity index (χ2v) is 18.4. The van der Waals surface area contributed by atoms with E-state index in [2.05, 4.69) is 4.98 Å². The average molecular weight is 843 g/mol. The van der Waals surface area contributed by atoms with Crippen molar-refractivity contribution in [3.63, 3.8) is 0 Å². The average Bonchev–Trinajstić information content (AvgIpc) is 3.92. The Morgan fingerprint density at radius 2 is 1.60 bits per heavy atom. The number of rotatable bonds is 15. The van der Waals surface area contributed by atoms with Crippen molar-refractivity contribution in [2.45, 2.75) is 81.5 Å². The molecule has 3 aromatic carbocycles. The van der Waals surface area contributed by atoms with Gasteiger partial charge in [-0.05, 0) is 82.7 Å². The topological polar surface area (TPSA) is 193 Å². The highest BCUT2D eigenvalue weighted by atomic mass is 32.2. The lowest BCUT2D eigenvalue weighted by Crippen LogP contribution is -2.58. The van der Waals surface area contributed by atoms with Gasteiger partial charge in [-0.25, -0.2) is 13.2 Å². The maximum atomic E-state index is 15.3. The van der Waals surface area contributed by atoms with Crippen LogP contribution in [-0.4, -0.2) is 119 Å². The van der Waals surface area contributed by atoms with Crippen molar-refractivity contribution in [1.82, 2.24) is 24.0 Å². The summed E-state index contributed by atoms with van der Waals surface area (Å²) >= 11 is 0. The number of nitro benzene ring substituents is 1. The fourth-order valence-corrected chi connectivity index (χ4v) is 10.2. The summed E-state index contributed by atoms with van der Waals surface area (Å²) in [6.07, 6.45) is 3.83. The van der Waals surface area contributed by atoms with Crippen molar-refractivity contribution in [3.05, 3.63) is 106 Å². The van der Waals surface area contributed by atoms with Crippen LogP contribution in [0.15, 0.2) is 83.9 Å². The molecular weight excluding hydrogens is 793 g/mol. The van der Waals surface area contributed by atoms with Crippen molar-refractivity contribution in [3.8, 4) is 0 Å². The van der Waals surface area contributed by atoms with Crippen LogP contribution in [0.25, 0.3) is 10.9 Å². The molecule has 1 aromatic heterocycles. The van der Waals surface area contributed by atoms with Crippen molar-refractivity contribution in [1.29, 1.82) is 0 Å². The molecular formula is C43H50N6O10S. The number of sulfonamides is 1. The highest BCUT2D eigenvalue weighted by Gasteiger charge is 2.48. The number of aromatic amines is 1. The minimum atomic E-state index is -4.80. The number of likely N-dealkylation sites (tertiary alicyclic amines) is 1. The van der Waals surface area contributed by atoms with Crippen molar-refractivity contribution in [2.75, 3.05) is 39.9 Å². The monoisotopic (exact) mass is 842 g/mol. The summed E-state index contributed by atoms with van der Waals surface area (Å²) < 4.78 is 42.0. The van der Waals surface area contributed by atoms with Gasteiger partial charge in [-0.2, -0.15) is 4.31 Å². The number of nitrogens with one attached hydrogen (secondary N) is 1. The summed E-state index contributed by atoms with van der Waals surface area (Å²) in [7, 11) is -3.18. The molecule has 0 bridgehead atoms. The van der Waals surface area contributed by atoms with E-state index in [1.807, 2.05) is 35.4 Å². The number of benzene rings is 3. The normalized spacial score (nSPS) is 18.8. The number of ether oxygens (including phenoxy) is 2. The Kier molecular flexibility index (Phi) is 12.1. The zero-order chi connectivity index (χ0) is 42.9. The number of H-pyrrole nitrogens is 1. The van der Waals surface area contributed by atoms with Gasteiger partial charge in [0.2, 0.25) is 15.9 Å². The Bertz CT molecular complexity index is 2370. The molecule has 0 spiro atoms. The molecule has 0 radical (unpaired) electrons. The van der Waals surface area contributed by atoms with Gasteiger partial charge in [0.25, 0.3) is 17.5 Å². The first-order valence-electron chi connectivity index (χ1n) is 20.2. The third-order valence-electron chi connectivity index (χ3n) is 11.2. The van der Waals surface area contributed by atoms with Crippen molar-refractivity contribution in [2.24, 2.45) is 5.92 Å². The minimum Gasteiger partial charge on any atom is -0.444 e. The zero-order valence-corrected chi connectivity index (χ0v) is 34.9. The van der Waals surface area contributed by atoms with Crippen LogP contribution in [-0.2, 0) is 24.3 Å². The first-order chi connectivity index (χ1) is 28.6. The number of hydrogen-bond acceptors (Lipinski definition) is 10. The van der Waals surface area contributed by atoms with E-state index in [1.165, 1.54) is 29.2 Å². The molecule has 3 atom stereocenters. The maximum Gasteiger partial charge on any atom is 0.410 e. The summed E-state index contributed by atoms with van der Waals surface area (Å²) in [5, 5.41) is 13.2. The molecule has 1 unspecified atom stereocenters. The summed E-state index contributed by atoms with van der Waals surface area (Å²) in [4.78, 5) is 74.5. The van der Waals surface area contributed by atoms with Gasteiger partial charge in [-0.3, -0.25) is 29.4 Å². The fourth-order valence-electron chi connectivity index (χ4n) is 8.41. The van der Waals surface area contributed by atoms with Crippen LogP contribution in [0.3, 0.4) is 0 Å². The molecule has 17 heteroatoms. The maximum absolute atomic E-state index is 15.3. The largest absolute Gasteiger partial charge is 0.444 e. The Morgan fingerprint density at radius 3 is 2.25 bits per heavy atom. The van der Waals surface area contributed by atoms with Gasteiger partial charge in [-0.1, -0.05) is 42.5 Å². The van der Waals surface area contributed by atoms with E-state index in [4.69, 9.17) is 9.47 Å². The Balaban J connectivity index is 1.29. The fraction of sp³-hybridized carbons (Fsp3) is 0.442. The Hall–Kier alpha value is -5.65. The minimum absolute atomic E-state index is 0.0675. The zero-order valence-electron chi connectivity index (χ0n) is 34.1. The molecule has 4 aromatic rings. The quantitative estimate of drug-likeness (QED) is 0.0629. The molecule has 3 heterocycles. The summed E-state index contributed by atoms with van der Waals surface area (Å²) in [6.45, 7) is 4.37. The number of imide groups is 1. The Labute approximate surface area is 348 Å². The van der Waals surface area contributed by atoms with Crippen LogP contribution < -0.4 is 0 Å². The van der Waals surface area contributed by atoms with Crippen molar-refractivity contribution < 1.29 is 42.0 Å². The third-order valence-corrected chi connectivity index (χ3v) is 13.2. The first-order valence-corrected chi connectivity index (χ1v) is 21.6. The molecule has 7 rings (SSSR count). The molecule has 4 amide bonds. The number of fused-ring (bicyclic) bond motifs is 2. The second-order valence-electron chi connectivity index (χ2n) is 16.5. The molecule has 2 fully saturated rings. The number of piperidine rings is 1. The number of amides is 4. The van der Waals surface area contributed by atoms with Gasteiger partial charge in [0.15, 0.2) is 4.90 Å². The second kappa shape index (κ2) is 17.1. The molecule has 1 aliphatic carbocycles. The number of para-hydroxylation sites is 2. The van der Waals surface area contributed by atoms with Crippen LogP contribution in [0.5, 0.6) is 0 Å². The lowest BCUT2D eigenvalue weighted by molar-refractivity contribution is -0.387. The molecule has 3 aliphatic rings. The number of methoxy groups -OCH3 is 1. The highest BCUT2D eigenvalue weighted by Crippen LogP contribution is 2.42. The van der Waals surface area contributed by atoms with E-state index >= 15 is 4.79 Å². The number of nitro groups is 1. The number of carbonyl (C=O) groups excluding carboxylic acids is 4. The molecule has 1 saturated carbocycles. The number of nitrogens with zero attached hydrogens (tertiary/aromatic N) is 5. The van der Waals surface area contributed by atoms with Crippen LogP contribution in [0.1, 0.15) is 85.2 Å².